The molecule has 2 aromatic rings. The number of hydrogen-bond acceptors (Lipinski definition) is 6. The van der Waals surface area contributed by atoms with Gasteiger partial charge in [0.15, 0.2) is 0 Å². The number of aryl methyl sites for hydroxylation is 1. The molecule has 0 saturated carbocycles. The normalized spacial score (nSPS) is 13.8. The zero-order valence-electron chi connectivity index (χ0n) is 16.8. The number of amides is 3. The molecule has 1 heterocycles. The van der Waals surface area contributed by atoms with Crippen LogP contribution in [0, 0.1) is 17.0 Å². The summed E-state index contributed by atoms with van der Waals surface area (Å²) in [5.41, 5.74) is 1.17. The molecule has 0 fully saturated rings. The molecule has 3 amide bonds. The maximum atomic E-state index is 12.7. The van der Waals surface area contributed by atoms with Crippen LogP contribution < -0.4 is 10.1 Å². The highest BCUT2D eigenvalue weighted by Crippen LogP contribution is 2.31. The Hall–Kier alpha value is -3.75. The predicted octanol–water partition coefficient (Wildman–Crippen LogP) is 2.26. The molecule has 0 spiro atoms. The number of rotatable bonds is 7. The van der Waals surface area contributed by atoms with Crippen LogP contribution in [-0.2, 0) is 11.2 Å². The van der Waals surface area contributed by atoms with Gasteiger partial charge in [0.25, 0.3) is 17.5 Å². The van der Waals surface area contributed by atoms with Crippen molar-refractivity contribution in [1.29, 1.82) is 0 Å². The van der Waals surface area contributed by atoms with Crippen LogP contribution in [0.4, 0.5) is 5.69 Å². The zero-order valence-corrected chi connectivity index (χ0v) is 16.8. The van der Waals surface area contributed by atoms with Gasteiger partial charge >= 0.3 is 0 Å². The topological polar surface area (TPSA) is 119 Å². The van der Waals surface area contributed by atoms with Crippen molar-refractivity contribution in [1.82, 2.24) is 10.2 Å². The molecule has 9 nitrogen and oxygen atoms in total. The number of nitrogens with zero attached hydrogens (tertiary/aromatic N) is 2. The lowest BCUT2D eigenvalue weighted by atomic mass is 10.1. The van der Waals surface area contributed by atoms with E-state index >= 15 is 0 Å². The van der Waals surface area contributed by atoms with Crippen molar-refractivity contribution in [2.24, 2.45) is 0 Å². The molecule has 0 unspecified atom stereocenters. The van der Waals surface area contributed by atoms with Crippen molar-refractivity contribution >= 4 is 23.4 Å². The molecule has 3 rings (SSSR count). The van der Waals surface area contributed by atoms with Crippen molar-refractivity contribution < 1.29 is 24.0 Å². The minimum absolute atomic E-state index is 0.0710. The van der Waals surface area contributed by atoms with Gasteiger partial charge in [-0.2, -0.15) is 0 Å². The highest BCUT2D eigenvalue weighted by Gasteiger charge is 2.44. The summed E-state index contributed by atoms with van der Waals surface area (Å²) in [5, 5.41) is 13.9. The molecule has 1 aliphatic heterocycles. The molecule has 1 atom stereocenters. The van der Waals surface area contributed by atoms with Crippen molar-refractivity contribution in [3.05, 3.63) is 68.8 Å². The Labute approximate surface area is 172 Å². The van der Waals surface area contributed by atoms with Crippen LogP contribution in [0.25, 0.3) is 0 Å². The van der Waals surface area contributed by atoms with Gasteiger partial charge in [0.05, 0.1) is 17.6 Å². The minimum atomic E-state index is -1.11. The second-order valence-corrected chi connectivity index (χ2v) is 6.97. The van der Waals surface area contributed by atoms with Gasteiger partial charge in [0.2, 0.25) is 5.91 Å². The summed E-state index contributed by atoms with van der Waals surface area (Å²) in [6, 6.07) is 8.45. The molecule has 0 aliphatic carbocycles. The van der Waals surface area contributed by atoms with Crippen molar-refractivity contribution in [3.63, 3.8) is 0 Å². The third kappa shape index (κ3) is 3.73. The van der Waals surface area contributed by atoms with Crippen LogP contribution in [0.2, 0.25) is 0 Å². The lowest BCUT2D eigenvalue weighted by molar-refractivity contribution is -0.385. The number of methoxy groups -OCH3 is 1. The van der Waals surface area contributed by atoms with Crippen LogP contribution >= 0.6 is 0 Å². The number of fused-ring (bicyclic) bond motifs is 1. The van der Waals surface area contributed by atoms with Crippen LogP contribution in [0.5, 0.6) is 5.75 Å². The number of ether oxygens (including phenoxy) is 1. The number of nitrogens with one attached hydrogen (secondary N) is 1. The van der Waals surface area contributed by atoms with Gasteiger partial charge in [-0.3, -0.25) is 29.4 Å². The Bertz CT molecular complexity index is 1050. The first-order valence-corrected chi connectivity index (χ1v) is 9.32. The van der Waals surface area contributed by atoms with E-state index in [4.69, 9.17) is 4.74 Å². The fourth-order valence-electron chi connectivity index (χ4n) is 3.48. The maximum absolute atomic E-state index is 12.7. The number of imide groups is 1. The average Bonchev–Trinajstić information content (AvgIpc) is 2.98. The number of nitro benzene ring substituents is 1. The van der Waals surface area contributed by atoms with Crippen molar-refractivity contribution in [2.75, 3.05) is 13.7 Å². The smallest absolute Gasteiger partial charge is 0.282 e. The largest absolute Gasteiger partial charge is 0.496 e. The van der Waals surface area contributed by atoms with E-state index in [1.807, 2.05) is 25.1 Å². The van der Waals surface area contributed by atoms with Gasteiger partial charge in [-0.15, -0.1) is 0 Å². The van der Waals surface area contributed by atoms with E-state index in [0.717, 1.165) is 22.1 Å². The number of carbonyl (C=O) groups excluding carboxylic acids is 3. The SMILES string of the molecule is COc1ccc(C)cc1CCNC(=O)[C@H](C)N1C(=O)c2cccc([N+](=O)[O-])c2C1=O. The number of hydrogen-bond donors (Lipinski definition) is 1. The van der Waals surface area contributed by atoms with Crippen molar-refractivity contribution in [3.8, 4) is 5.75 Å². The van der Waals surface area contributed by atoms with E-state index in [2.05, 4.69) is 5.32 Å². The van der Waals surface area contributed by atoms with E-state index in [9.17, 15) is 24.5 Å². The summed E-state index contributed by atoms with van der Waals surface area (Å²) in [5.74, 6) is -1.39. The highest BCUT2D eigenvalue weighted by atomic mass is 16.6. The minimum Gasteiger partial charge on any atom is -0.496 e. The molecule has 30 heavy (non-hydrogen) atoms. The Balaban J connectivity index is 1.70. The van der Waals surface area contributed by atoms with E-state index in [-0.39, 0.29) is 17.7 Å². The van der Waals surface area contributed by atoms with Gasteiger partial charge in [0.1, 0.15) is 17.4 Å². The van der Waals surface area contributed by atoms with E-state index < -0.39 is 34.4 Å². The van der Waals surface area contributed by atoms with Crippen LogP contribution in [0.15, 0.2) is 36.4 Å². The second-order valence-electron chi connectivity index (χ2n) is 6.97. The first kappa shape index (κ1) is 21.0. The van der Waals surface area contributed by atoms with Gasteiger partial charge in [-0.1, -0.05) is 23.8 Å². The highest BCUT2D eigenvalue weighted by molar-refractivity contribution is 6.24. The Morgan fingerprint density at radius 1 is 1.23 bits per heavy atom. The van der Waals surface area contributed by atoms with Gasteiger partial charge < -0.3 is 10.1 Å². The third-order valence-electron chi connectivity index (χ3n) is 5.02. The Kier molecular flexibility index (Phi) is 5.81. The number of benzene rings is 2. The zero-order chi connectivity index (χ0) is 22.0. The molecule has 0 saturated heterocycles. The van der Waals surface area contributed by atoms with E-state index in [1.165, 1.54) is 19.1 Å². The summed E-state index contributed by atoms with van der Waals surface area (Å²) < 4.78 is 5.32. The molecule has 2 aromatic carbocycles. The van der Waals surface area contributed by atoms with Crippen LogP contribution in [0.3, 0.4) is 0 Å². The summed E-state index contributed by atoms with van der Waals surface area (Å²) in [4.78, 5) is 49.2. The fourth-order valence-corrected chi connectivity index (χ4v) is 3.48. The first-order valence-electron chi connectivity index (χ1n) is 9.32. The lowest BCUT2D eigenvalue weighted by Gasteiger charge is -2.21. The summed E-state index contributed by atoms with van der Waals surface area (Å²) >= 11 is 0. The molecule has 0 radical (unpaired) electrons. The summed E-state index contributed by atoms with van der Waals surface area (Å²) in [6.07, 6.45) is 0.497. The first-order chi connectivity index (χ1) is 14.3. The van der Waals surface area contributed by atoms with Gasteiger partial charge in [-0.25, -0.2) is 0 Å². The molecule has 9 heteroatoms. The molecule has 1 aliphatic rings. The maximum Gasteiger partial charge on any atom is 0.282 e. The molecular formula is C21H21N3O6. The van der Waals surface area contributed by atoms with Gasteiger partial charge in [0, 0.05) is 12.6 Å². The van der Waals surface area contributed by atoms with E-state index in [1.54, 1.807) is 7.11 Å². The predicted molar refractivity (Wildman–Crippen MR) is 108 cm³/mol. The summed E-state index contributed by atoms with van der Waals surface area (Å²) in [7, 11) is 1.57. The molecule has 156 valence electrons. The molecule has 0 bridgehead atoms. The summed E-state index contributed by atoms with van der Waals surface area (Å²) in [6.45, 7) is 3.63. The second kappa shape index (κ2) is 8.32. The lowest BCUT2D eigenvalue weighted by Crippen LogP contribution is -2.48. The van der Waals surface area contributed by atoms with Crippen LogP contribution in [0.1, 0.15) is 38.8 Å². The van der Waals surface area contributed by atoms with Gasteiger partial charge in [-0.05, 0) is 38.0 Å². The number of nitro groups is 1. The quantitative estimate of drug-likeness (QED) is 0.424. The molecule has 1 N–H and O–H groups in total. The monoisotopic (exact) mass is 411 g/mol. The molecule has 0 aromatic heterocycles. The third-order valence-corrected chi connectivity index (χ3v) is 5.02. The average molecular weight is 411 g/mol. The van der Waals surface area contributed by atoms with Crippen LogP contribution in [-0.4, -0.2) is 47.2 Å². The molecular weight excluding hydrogens is 390 g/mol. The van der Waals surface area contributed by atoms with E-state index in [0.29, 0.717) is 12.2 Å². The van der Waals surface area contributed by atoms with Crippen molar-refractivity contribution in [2.45, 2.75) is 26.3 Å². The Morgan fingerprint density at radius 3 is 2.63 bits per heavy atom. The fraction of sp³-hybridized carbons (Fsp3) is 0.286. The standard InChI is InChI=1S/C21H21N3O6/c1-12-7-8-17(30-3)14(11-12)9-10-22-19(25)13(2)23-20(26)15-5-4-6-16(24(28)29)18(15)21(23)27/h4-8,11,13H,9-10H2,1-3H3,(H,22,25)/t13-/m0/s1. The Morgan fingerprint density at radius 2 is 1.97 bits per heavy atom. The number of carbonyl (C=O) groups is 3.